The minimum absolute atomic E-state index is 0.439. The second-order valence-electron chi connectivity index (χ2n) is 4.79. The first-order valence-electron chi connectivity index (χ1n) is 5.94. The summed E-state index contributed by atoms with van der Waals surface area (Å²) in [5, 5.41) is 0. The molecule has 1 unspecified atom stereocenters. The van der Waals surface area contributed by atoms with Gasteiger partial charge in [-0.3, -0.25) is 0 Å². The number of nitrogens with two attached hydrogens (primary N) is 1. The average Bonchev–Trinajstić information content (AvgIpc) is 2.38. The minimum atomic E-state index is -4.39. The van der Waals surface area contributed by atoms with Crippen molar-refractivity contribution >= 4 is 0 Å². The molecule has 5 heteroatoms. The van der Waals surface area contributed by atoms with E-state index in [4.69, 9.17) is 5.73 Å². The zero-order valence-electron chi connectivity index (χ0n) is 10.7. The van der Waals surface area contributed by atoms with Crippen molar-refractivity contribution in [3.8, 4) is 0 Å². The van der Waals surface area contributed by atoms with Gasteiger partial charge >= 0.3 is 6.18 Å². The Labute approximate surface area is 114 Å². The van der Waals surface area contributed by atoms with Gasteiger partial charge in [0.25, 0.3) is 0 Å². The smallest absolute Gasteiger partial charge is 0.318 e. The molecule has 0 heterocycles. The highest BCUT2D eigenvalue weighted by Gasteiger charge is 2.31. The minimum Gasteiger partial charge on any atom is -0.318 e. The third kappa shape index (κ3) is 2.82. The highest BCUT2D eigenvalue weighted by molar-refractivity contribution is 5.38. The Hall–Kier alpha value is -1.88. The van der Waals surface area contributed by atoms with E-state index < -0.39 is 23.1 Å². The molecule has 2 rings (SSSR count). The Morgan fingerprint density at radius 2 is 1.40 bits per heavy atom. The van der Waals surface area contributed by atoms with E-state index in [1.54, 1.807) is 13.0 Å². The quantitative estimate of drug-likeness (QED) is 0.826. The molecule has 20 heavy (non-hydrogen) atoms. The van der Waals surface area contributed by atoms with E-state index in [9.17, 15) is 17.6 Å². The summed E-state index contributed by atoms with van der Waals surface area (Å²) < 4.78 is 50.8. The van der Waals surface area contributed by atoms with Crippen molar-refractivity contribution in [3.63, 3.8) is 0 Å². The SMILES string of the molecule is CC(N)(c1ccc(C(F)(F)F)cc1)c1cccc(F)c1. The molecular weight excluding hydrogens is 270 g/mol. The molecule has 0 aromatic heterocycles. The first-order chi connectivity index (χ1) is 9.21. The molecule has 0 spiro atoms. The first kappa shape index (κ1) is 14.5. The molecule has 0 aliphatic rings. The van der Waals surface area contributed by atoms with Crippen LogP contribution in [-0.4, -0.2) is 0 Å². The zero-order valence-corrected chi connectivity index (χ0v) is 10.7. The second-order valence-corrected chi connectivity index (χ2v) is 4.79. The van der Waals surface area contributed by atoms with Crippen LogP contribution < -0.4 is 5.73 Å². The molecule has 2 N–H and O–H groups in total. The van der Waals surface area contributed by atoms with Crippen LogP contribution in [0.5, 0.6) is 0 Å². The molecule has 0 saturated carbocycles. The Morgan fingerprint density at radius 1 is 0.850 bits per heavy atom. The van der Waals surface area contributed by atoms with Crippen molar-refractivity contribution in [2.45, 2.75) is 18.6 Å². The molecule has 0 amide bonds. The van der Waals surface area contributed by atoms with Gasteiger partial charge in [0.1, 0.15) is 5.82 Å². The Morgan fingerprint density at radius 3 is 1.90 bits per heavy atom. The van der Waals surface area contributed by atoms with Gasteiger partial charge in [0, 0.05) is 0 Å². The predicted molar refractivity (Wildman–Crippen MR) is 68.5 cm³/mol. The Balaban J connectivity index is 2.39. The summed E-state index contributed by atoms with van der Waals surface area (Å²) in [4.78, 5) is 0. The molecular formula is C15H13F4N. The van der Waals surface area contributed by atoms with Gasteiger partial charge in [-0.15, -0.1) is 0 Å². The van der Waals surface area contributed by atoms with Crippen LogP contribution in [0.4, 0.5) is 17.6 Å². The lowest BCUT2D eigenvalue weighted by Crippen LogP contribution is -2.34. The van der Waals surface area contributed by atoms with Gasteiger partial charge in [0.15, 0.2) is 0 Å². The molecule has 0 radical (unpaired) electrons. The molecule has 2 aromatic rings. The molecule has 1 nitrogen and oxygen atoms in total. The van der Waals surface area contributed by atoms with Crippen LogP contribution in [0.1, 0.15) is 23.6 Å². The fourth-order valence-corrected chi connectivity index (χ4v) is 1.98. The van der Waals surface area contributed by atoms with E-state index in [-0.39, 0.29) is 0 Å². The molecule has 0 aliphatic carbocycles. The topological polar surface area (TPSA) is 26.0 Å². The lowest BCUT2D eigenvalue weighted by atomic mass is 9.85. The van der Waals surface area contributed by atoms with Gasteiger partial charge in [0.2, 0.25) is 0 Å². The number of halogens is 4. The summed E-state index contributed by atoms with van der Waals surface area (Å²) in [6, 6.07) is 10.3. The lowest BCUT2D eigenvalue weighted by Gasteiger charge is -2.26. The summed E-state index contributed by atoms with van der Waals surface area (Å²) in [7, 11) is 0. The predicted octanol–water partition coefficient (Wildman–Crippen LogP) is 4.07. The molecule has 0 aliphatic heterocycles. The summed E-state index contributed by atoms with van der Waals surface area (Å²) in [5.74, 6) is -0.439. The normalized spacial score (nSPS) is 14.9. The van der Waals surface area contributed by atoms with Crippen molar-refractivity contribution in [2.75, 3.05) is 0 Å². The lowest BCUT2D eigenvalue weighted by molar-refractivity contribution is -0.137. The monoisotopic (exact) mass is 283 g/mol. The summed E-state index contributed by atoms with van der Waals surface area (Å²) in [5.41, 5.74) is 5.32. The van der Waals surface area contributed by atoms with Crippen LogP contribution in [-0.2, 0) is 11.7 Å². The van der Waals surface area contributed by atoms with Crippen molar-refractivity contribution in [2.24, 2.45) is 5.73 Å². The van der Waals surface area contributed by atoms with E-state index in [0.29, 0.717) is 11.1 Å². The van der Waals surface area contributed by atoms with Crippen LogP contribution in [0.15, 0.2) is 48.5 Å². The van der Waals surface area contributed by atoms with Crippen molar-refractivity contribution in [1.82, 2.24) is 0 Å². The molecule has 1 atom stereocenters. The molecule has 0 bridgehead atoms. The third-order valence-corrected chi connectivity index (χ3v) is 3.24. The van der Waals surface area contributed by atoms with E-state index in [1.807, 2.05) is 0 Å². The van der Waals surface area contributed by atoms with Crippen LogP contribution in [0.2, 0.25) is 0 Å². The van der Waals surface area contributed by atoms with Crippen LogP contribution >= 0.6 is 0 Å². The molecule has 0 saturated heterocycles. The van der Waals surface area contributed by atoms with Crippen molar-refractivity contribution in [1.29, 1.82) is 0 Å². The first-order valence-corrected chi connectivity index (χ1v) is 5.94. The summed E-state index contributed by atoms with van der Waals surface area (Å²) in [6.45, 7) is 1.63. The summed E-state index contributed by atoms with van der Waals surface area (Å²) in [6.07, 6.45) is -4.39. The molecule has 2 aromatic carbocycles. The second kappa shape index (κ2) is 4.90. The number of alkyl halides is 3. The Kier molecular flexibility index (Phi) is 3.56. The van der Waals surface area contributed by atoms with Crippen molar-refractivity contribution in [3.05, 3.63) is 71.0 Å². The highest BCUT2D eigenvalue weighted by Crippen LogP contribution is 2.32. The molecule has 106 valence electrons. The maximum atomic E-state index is 13.2. The van der Waals surface area contributed by atoms with E-state index >= 15 is 0 Å². The third-order valence-electron chi connectivity index (χ3n) is 3.24. The van der Waals surface area contributed by atoms with Gasteiger partial charge in [0.05, 0.1) is 11.1 Å². The molecule has 0 fully saturated rings. The van der Waals surface area contributed by atoms with Crippen LogP contribution in [0, 0.1) is 5.82 Å². The van der Waals surface area contributed by atoms with Gasteiger partial charge in [-0.05, 0) is 42.3 Å². The Bertz CT molecular complexity index is 600. The maximum absolute atomic E-state index is 13.2. The zero-order chi connectivity index (χ0) is 15.0. The standard InChI is InChI=1S/C15H13F4N/c1-14(20,12-3-2-4-13(16)9-12)10-5-7-11(8-6-10)15(17,18)19/h2-9H,20H2,1H3. The van der Waals surface area contributed by atoms with Gasteiger partial charge in [-0.1, -0.05) is 24.3 Å². The van der Waals surface area contributed by atoms with E-state index in [2.05, 4.69) is 0 Å². The number of hydrogen-bond acceptors (Lipinski definition) is 1. The van der Waals surface area contributed by atoms with Crippen LogP contribution in [0.3, 0.4) is 0 Å². The largest absolute Gasteiger partial charge is 0.416 e. The average molecular weight is 283 g/mol. The van der Waals surface area contributed by atoms with Crippen molar-refractivity contribution < 1.29 is 17.6 Å². The van der Waals surface area contributed by atoms with Gasteiger partial charge in [-0.25, -0.2) is 4.39 Å². The van der Waals surface area contributed by atoms with Gasteiger partial charge < -0.3 is 5.73 Å². The maximum Gasteiger partial charge on any atom is 0.416 e. The van der Waals surface area contributed by atoms with E-state index in [0.717, 1.165) is 12.1 Å². The number of rotatable bonds is 2. The fraction of sp³-hybridized carbons (Fsp3) is 0.200. The number of benzene rings is 2. The number of hydrogen-bond donors (Lipinski definition) is 1. The summed E-state index contributed by atoms with van der Waals surface area (Å²) >= 11 is 0. The highest BCUT2D eigenvalue weighted by atomic mass is 19.4. The van der Waals surface area contributed by atoms with Crippen LogP contribution in [0.25, 0.3) is 0 Å². The van der Waals surface area contributed by atoms with E-state index in [1.165, 1.54) is 30.3 Å². The van der Waals surface area contributed by atoms with Gasteiger partial charge in [-0.2, -0.15) is 13.2 Å². The fourth-order valence-electron chi connectivity index (χ4n) is 1.98.